The molecule has 1 N–H and O–H groups in total. The van der Waals surface area contributed by atoms with Gasteiger partial charge in [0.1, 0.15) is 6.29 Å². The van der Waals surface area contributed by atoms with Crippen LogP contribution < -0.4 is 10.2 Å². The summed E-state index contributed by atoms with van der Waals surface area (Å²) in [6.07, 6.45) is 0.836. The Morgan fingerprint density at radius 2 is 1.74 bits per heavy atom. The number of aryl methyl sites for hydroxylation is 1. The van der Waals surface area contributed by atoms with Crippen LogP contribution in [0.2, 0.25) is 0 Å². The molecule has 0 radical (unpaired) electrons. The molecule has 1 amide bonds. The summed E-state index contributed by atoms with van der Waals surface area (Å²) >= 11 is 0. The molecule has 3 aromatic rings. The lowest BCUT2D eigenvalue weighted by Gasteiger charge is -2.14. The van der Waals surface area contributed by atoms with E-state index in [4.69, 9.17) is 0 Å². The lowest BCUT2D eigenvalue weighted by molar-refractivity contribution is 0.102. The number of carbonyl (C=O) groups is 2. The Labute approximate surface area is 159 Å². The van der Waals surface area contributed by atoms with Crippen LogP contribution in [0.5, 0.6) is 0 Å². The molecule has 0 bridgehead atoms. The normalized spacial score (nSPS) is 10.3. The highest BCUT2D eigenvalue weighted by Gasteiger charge is 2.10. The lowest BCUT2D eigenvalue weighted by atomic mass is 9.98. The molecule has 0 aromatic heterocycles. The fourth-order valence-corrected chi connectivity index (χ4v) is 2.92. The second-order valence-corrected chi connectivity index (χ2v) is 6.67. The summed E-state index contributed by atoms with van der Waals surface area (Å²) in [4.78, 5) is 25.7. The first-order valence-electron chi connectivity index (χ1n) is 8.73. The number of hydrogen-bond acceptors (Lipinski definition) is 3. The Hall–Kier alpha value is -3.40. The molecule has 0 aliphatic heterocycles. The fraction of sp³-hybridized carbons (Fsp3) is 0.130. The zero-order chi connectivity index (χ0) is 19.4. The molecule has 0 aliphatic carbocycles. The van der Waals surface area contributed by atoms with E-state index in [1.54, 1.807) is 12.1 Å². The lowest BCUT2D eigenvalue weighted by Crippen LogP contribution is -2.14. The molecule has 3 aromatic carbocycles. The van der Waals surface area contributed by atoms with Crippen molar-refractivity contribution in [2.24, 2.45) is 0 Å². The summed E-state index contributed by atoms with van der Waals surface area (Å²) in [6, 6.07) is 20.7. The van der Waals surface area contributed by atoms with Gasteiger partial charge in [0.15, 0.2) is 0 Å². The van der Waals surface area contributed by atoms with Crippen molar-refractivity contribution in [3.05, 3.63) is 83.4 Å². The van der Waals surface area contributed by atoms with E-state index < -0.39 is 0 Å². The van der Waals surface area contributed by atoms with Gasteiger partial charge in [0.05, 0.1) is 0 Å². The van der Waals surface area contributed by atoms with Crippen molar-refractivity contribution in [2.75, 3.05) is 24.3 Å². The maximum Gasteiger partial charge on any atom is 0.255 e. The smallest absolute Gasteiger partial charge is 0.255 e. The molecule has 0 spiro atoms. The molecule has 3 rings (SSSR count). The number of hydrogen-bond donors (Lipinski definition) is 1. The molecule has 0 saturated carbocycles. The first-order valence-corrected chi connectivity index (χ1v) is 8.73. The van der Waals surface area contributed by atoms with E-state index in [2.05, 4.69) is 5.32 Å². The van der Waals surface area contributed by atoms with Gasteiger partial charge in [-0.25, -0.2) is 0 Å². The second-order valence-electron chi connectivity index (χ2n) is 6.67. The minimum Gasteiger partial charge on any atom is -0.378 e. The van der Waals surface area contributed by atoms with Gasteiger partial charge in [0.25, 0.3) is 5.91 Å². The number of amides is 1. The van der Waals surface area contributed by atoms with E-state index in [0.717, 1.165) is 28.7 Å². The number of nitrogens with zero attached hydrogens (tertiary/aromatic N) is 1. The standard InChI is InChI=1S/C23H22N2O2/c1-16-10-11-20(14-22(16)18-7-4-6-17(12-18)15-26)24-23(27)19-8-5-9-21(13-19)25(2)3/h4-15H,1-3H3,(H,24,27). The van der Waals surface area contributed by atoms with Crippen LogP contribution in [0.25, 0.3) is 11.1 Å². The topological polar surface area (TPSA) is 49.4 Å². The van der Waals surface area contributed by atoms with Crippen LogP contribution in [0.15, 0.2) is 66.7 Å². The number of carbonyl (C=O) groups excluding carboxylic acids is 2. The molecule has 136 valence electrons. The van der Waals surface area contributed by atoms with Crippen molar-refractivity contribution in [1.82, 2.24) is 0 Å². The maximum absolute atomic E-state index is 12.6. The van der Waals surface area contributed by atoms with E-state index in [9.17, 15) is 9.59 Å². The summed E-state index contributed by atoms with van der Waals surface area (Å²) in [5.74, 6) is -0.157. The number of rotatable bonds is 5. The summed E-state index contributed by atoms with van der Waals surface area (Å²) in [5, 5.41) is 2.96. The third-order valence-electron chi connectivity index (χ3n) is 4.45. The van der Waals surface area contributed by atoms with Crippen LogP contribution in [0.4, 0.5) is 11.4 Å². The van der Waals surface area contributed by atoms with Gasteiger partial charge >= 0.3 is 0 Å². The Bertz CT molecular complexity index is 993. The average molecular weight is 358 g/mol. The van der Waals surface area contributed by atoms with E-state index in [-0.39, 0.29) is 5.91 Å². The fourth-order valence-electron chi connectivity index (χ4n) is 2.92. The Kier molecular flexibility index (Phi) is 5.36. The molecular formula is C23H22N2O2. The van der Waals surface area contributed by atoms with Crippen molar-refractivity contribution in [1.29, 1.82) is 0 Å². The van der Waals surface area contributed by atoms with Crippen LogP contribution in [-0.2, 0) is 0 Å². The summed E-state index contributed by atoms with van der Waals surface area (Å²) in [5.41, 5.74) is 5.92. The van der Waals surface area contributed by atoms with Gasteiger partial charge in [-0.1, -0.05) is 30.3 Å². The molecular weight excluding hydrogens is 336 g/mol. The first kappa shape index (κ1) is 18.4. The monoisotopic (exact) mass is 358 g/mol. The second kappa shape index (κ2) is 7.87. The SMILES string of the molecule is Cc1ccc(NC(=O)c2cccc(N(C)C)c2)cc1-c1cccc(C=O)c1. The zero-order valence-electron chi connectivity index (χ0n) is 15.7. The zero-order valence-corrected chi connectivity index (χ0v) is 15.7. The number of nitrogens with one attached hydrogen (secondary N) is 1. The highest BCUT2D eigenvalue weighted by Crippen LogP contribution is 2.27. The molecule has 0 atom stereocenters. The molecule has 27 heavy (non-hydrogen) atoms. The Morgan fingerprint density at radius 1 is 0.963 bits per heavy atom. The van der Waals surface area contributed by atoms with Gasteiger partial charge in [0.2, 0.25) is 0 Å². The van der Waals surface area contributed by atoms with Gasteiger partial charge in [-0.2, -0.15) is 0 Å². The average Bonchev–Trinajstić information content (AvgIpc) is 2.69. The highest BCUT2D eigenvalue weighted by atomic mass is 16.1. The van der Waals surface area contributed by atoms with Crippen molar-refractivity contribution < 1.29 is 9.59 Å². The number of aldehydes is 1. The van der Waals surface area contributed by atoms with Crippen molar-refractivity contribution in [3.63, 3.8) is 0 Å². The summed E-state index contributed by atoms with van der Waals surface area (Å²) in [7, 11) is 3.88. The van der Waals surface area contributed by atoms with Crippen molar-refractivity contribution in [2.45, 2.75) is 6.92 Å². The molecule has 0 saturated heterocycles. The van der Waals surface area contributed by atoms with Gasteiger partial charge in [-0.3, -0.25) is 9.59 Å². The predicted octanol–water partition coefficient (Wildman–Crippen LogP) is 4.79. The molecule has 0 fully saturated rings. The van der Waals surface area contributed by atoms with E-state index in [1.165, 1.54) is 0 Å². The predicted molar refractivity (Wildman–Crippen MR) is 111 cm³/mol. The first-order chi connectivity index (χ1) is 13.0. The van der Waals surface area contributed by atoms with Crippen LogP contribution in [0, 0.1) is 6.92 Å². The van der Waals surface area contributed by atoms with E-state index in [1.807, 2.05) is 80.5 Å². The summed E-state index contributed by atoms with van der Waals surface area (Å²) in [6.45, 7) is 2.01. The van der Waals surface area contributed by atoms with Crippen LogP contribution >= 0.6 is 0 Å². The molecule has 0 aliphatic rings. The molecule has 0 unspecified atom stereocenters. The third kappa shape index (κ3) is 4.23. The Morgan fingerprint density at radius 3 is 2.48 bits per heavy atom. The van der Waals surface area contributed by atoms with Crippen LogP contribution in [-0.4, -0.2) is 26.3 Å². The largest absolute Gasteiger partial charge is 0.378 e. The van der Waals surface area contributed by atoms with Crippen molar-refractivity contribution >= 4 is 23.6 Å². The van der Waals surface area contributed by atoms with E-state index >= 15 is 0 Å². The molecule has 4 heteroatoms. The van der Waals surface area contributed by atoms with Gasteiger partial charge in [0, 0.05) is 36.6 Å². The maximum atomic E-state index is 12.6. The Balaban J connectivity index is 1.89. The van der Waals surface area contributed by atoms with E-state index in [0.29, 0.717) is 16.8 Å². The quantitative estimate of drug-likeness (QED) is 0.667. The molecule has 0 heterocycles. The third-order valence-corrected chi connectivity index (χ3v) is 4.45. The number of benzene rings is 3. The van der Waals surface area contributed by atoms with Gasteiger partial charge in [-0.15, -0.1) is 0 Å². The van der Waals surface area contributed by atoms with Gasteiger partial charge in [-0.05, 0) is 60.0 Å². The minimum absolute atomic E-state index is 0.157. The molecule has 4 nitrogen and oxygen atoms in total. The van der Waals surface area contributed by atoms with Gasteiger partial charge < -0.3 is 10.2 Å². The van der Waals surface area contributed by atoms with Crippen molar-refractivity contribution in [3.8, 4) is 11.1 Å². The number of anilines is 2. The van der Waals surface area contributed by atoms with Crippen LogP contribution in [0.3, 0.4) is 0 Å². The summed E-state index contributed by atoms with van der Waals surface area (Å²) < 4.78 is 0. The van der Waals surface area contributed by atoms with Crippen LogP contribution in [0.1, 0.15) is 26.3 Å². The highest BCUT2D eigenvalue weighted by molar-refractivity contribution is 6.05. The minimum atomic E-state index is -0.157.